The molecule has 2 aliphatic rings. The molecule has 37 heavy (non-hydrogen) atoms. The van der Waals surface area contributed by atoms with E-state index in [1.807, 2.05) is 6.07 Å². The molecule has 0 fully saturated rings. The highest BCUT2D eigenvalue weighted by Crippen LogP contribution is 2.35. The van der Waals surface area contributed by atoms with Crippen molar-refractivity contribution in [3.05, 3.63) is 77.4 Å². The Balaban J connectivity index is 1.48. The number of carbonyl (C=O) groups is 2. The van der Waals surface area contributed by atoms with Crippen molar-refractivity contribution in [2.24, 2.45) is 4.99 Å². The lowest BCUT2D eigenvalue weighted by Crippen LogP contribution is -2.35. The minimum Gasteiger partial charge on any atom is -0.493 e. The standard InChI is InChI=1S/C27H26N4O5S/c1-4-5-19-14-18(15-22-25(28)31-10-13-37-27(31)30-26(22)33)16-23(34-3)24(19)36-12-11-35-21-8-6-20(7-9-21)29-17(2)32/h4,6-10,13-16,28H,1,5,11-12H2,2-3H3,(H,29,32)/b22-15-,28-25?. The van der Waals surface area contributed by atoms with E-state index in [0.29, 0.717) is 40.1 Å². The number of thioether (sulfide) groups is 1. The van der Waals surface area contributed by atoms with Crippen molar-refractivity contribution in [2.75, 3.05) is 25.6 Å². The molecule has 190 valence electrons. The number of methoxy groups -OCH3 is 1. The molecule has 9 nitrogen and oxygen atoms in total. The third kappa shape index (κ3) is 6.10. The Morgan fingerprint density at radius 2 is 1.97 bits per heavy atom. The van der Waals surface area contributed by atoms with Crippen LogP contribution in [0.5, 0.6) is 17.2 Å². The molecule has 0 aromatic heterocycles. The Kier molecular flexibility index (Phi) is 8.09. The van der Waals surface area contributed by atoms with E-state index < -0.39 is 5.91 Å². The first-order valence-corrected chi connectivity index (χ1v) is 12.3. The first-order chi connectivity index (χ1) is 17.9. The van der Waals surface area contributed by atoms with Gasteiger partial charge in [-0.25, -0.2) is 0 Å². The molecule has 2 aromatic carbocycles. The van der Waals surface area contributed by atoms with Crippen LogP contribution in [0.3, 0.4) is 0 Å². The number of anilines is 1. The quantitative estimate of drug-likeness (QED) is 0.268. The molecule has 0 saturated carbocycles. The Hall–Kier alpha value is -4.31. The second kappa shape index (κ2) is 11.6. The van der Waals surface area contributed by atoms with Crippen LogP contribution in [0.15, 0.2) is 71.2 Å². The van der Waals surface area contributed by atoms with Gasteiger partial charge in [-0.15, -0.1) is 6.58 Å². The van der Waals surface area contributed by atoms with Gasteiger partial charge in [0.05, 0.1) is 12.7 Å². The molecule has 2 heterocycles. The molecule has 0 atom stereocenters. The molecular weight excluding hydrogens is 492 g/mol. The molecule has 0 spiro atoms. The number of hydrogen-bond acceptors (Lipinski definition) is 7. The number of carbonyl (C=O) groups excluding carboxylic acids is 2. The third-order valence-electron chi connectivity index (χ3n) is 5.34. The van der Waals surface area contributed by atoms with Crippen LogP contribution in [0.1, 0.15) is 18.1 Å². The summed E-state index contributed by atoms with van der Waals surface area (Å²) in [5.41, 5.74) is 2.38. The summed E-state index contributed by atoms with van der Waals surface area (Å²) < 4.78 is 17.4. The van der Waals surface area contributed by atoms with E-state index in [0.717, 1.165) is 5.56 Å². The summed E-state index contributed by atoms with van der Waals surface area (Å²) in [5, 5.41) is 13.4. The fourth-order valence-electron chi connectivity index (χ4n) is 3.73. The Morgan fingerprint density at radius 1 is 1.22 bits per heavy atom. The van der Waals surface area contributed by atoms with Gasteiger partial charge in [-0.2, -0.15) is 4.99 Å². The monoisotopic (exact) mass is 518 g/mol. The number of ether oxygens (including phenoxy) is 3. The zero-order valence-corrected chi connectivity index (χ0v) is 21.3. The molecule has 0 aliphatic carbocycles. The molecule has 0 bridgehead atoms. The molecule has 2 N–H and O–H groups in total. The van der Waals surface area contributed by atoms with Crippen molar-refractivity contribution < 1.29 is 23.8 Å². The van der Waals surface area contributed by atoms with Crippen LogP contribution in [-0.2, 0) is 16.0 Å². The van der Waals surface area contributed by atoms with E-state index in [4.69, 9.17) is 19.6 Å². The summed E-state index contributed by atoms with van der Waals surface area (Å²) in [6.45, 7) is 5.83. The first-order valence-electron chi connectivity index (χ1n) is 11.4. The second-order valence-electron chi connectivity index (χ2n) is 7.99. The minimum atomic E-state index is -0.459. The maximum Gasteiger partial charge on any atom is 0.283 e. The second-order valence-corrected chi connectivity index (χ2v) is 8.86. The lowest BCUT2D eigenvalue weighted by atomic mass is 10.0. The maximum atomic E-state index is 12.6. The number of nitrogens with one attached hydrogen (secondary N) is 2. The molecule has 2 amide bonds. The van der Waals surface area contributed by atoms with Crippen LogP contribution in [0.25, 0.3) is 6.08 Å². The summed E-state index contributed by atoms with van der Waals surface area (Å²) in [6.07, 6.45) is 5.61. The zero-order chi connectivity index (χ0) is 26.4. The van der Waals surface area contributed by atoms with Gasteiger partial charge in [0.25, 0.3) is 5.91 Å². The highest BCUT2D eigenvalue weighted by molar-refractivity contribution is 8.16. The third-order valence-corrected chi connectivity index (χ3v) is 6.09. The average molecular weight is 519 g/mol. The molecule has 0 saturated heterocycles. The van der Waals surface area contributed by atoms with E-state index in [9.17, 15) is 9.59 Å². The number of aliphatic imine (C=N–C) groups is 1. The molecule has 0 radical (unpaired) electrons. The highest BCUT2D eigenvalue weighted by Gasteiger charge is 2.31. The fraction of sp³-hybridized carbons (Fsp3) is 0.185. The van der Waals surface area contributed by atoms with E-state index in [-0.39, 0.29) is 30.5 Å². The van der Waals surface area contributed by atoms with Crippen LogP contribution < -0.4 is 19.5 Å². The van der Waals surface area contributed by atoms with Crippen molar-refractivity contribution in [2.45, 2.75) is 13.3 Å². The van der Waals surface area contributed by atoms with Crippen molar-refractivity contribution in [3.63, 3.8) is 0 Å². The van der Waals surface area contributed by atoms with Crippen LogP contribution in [0, 0.1) is 5.41 Å². The summed E-state index contributed by atoms with van der Waals surface area (Å²) in [4.78, 5) is 29.4. The molecular formula is C27H26N4O5S. The predicted octanol–water partition coefficient (Wildman–Crippen LogP) is 4.62. The summed E-state index contributed by atoms with van der Waals surface area (Å²) in [7, 11) is 1.54. The number of hydrogen-bond donors (Lipinski definition) is 2. The predicted molar refractivity (Wildman–Crippen MR) is 145 cm³/mol. The highest BCUT2D eigenvalue weighted by atomic mass is 32.2. The number of fused-ring (bicyclic) bond motifs is 1. The van der Waals surface area contributed by atoms with Gasteiger partial charge in [-0.05, 0) is 59.9 Å². The minimum absolute atomic E-state index is 0.0723. The molecule has 2 aromatic rings. The lowest BCUT2D eigenvalue weighted by molar-refractivity contribution is -0.114. The van der Waals surface area contributed by atoms with Gasteiger partial charge < -0.3 is 19.5 Å². The summed E-state index contributed by atoms with van der Waals surface area (Å²) >= 11 is 1.30. The number of allylic oxidation sites excluding steroid dienone is 1. The average Bonchev–Trinajstić information content (AvgIpc) is 3.34. The van der Waals surface area contributed by atoms with Crippen molar-refractivity contribution in [1.82, 2.24) is 4.90 Å². The lowest BCUT2D eigenvalue weighted by Gasteiger charge is -2.22. The van der Waals surface area contributed by atoms with E-state index in [1.54, 1.807) is 66.1 Å². The Bertz CT molecular complexity index is 1330. The van der Waals surface area contributed by atoms with Crippen LogP contribution in [0.2, 0.25) is 0 Å². The summed E-state index contributed by atoms with van der Waals surface area (Å²) in [5.74, 6) is 1.17. The van der Waals surface area contributed by atoms with Gasteiger partial charge in [0, 0.05) is 24.4 Å². The Labute approximate surface area is 219 Å². The molecule has 4 rings (SSSR count). The van der Waals surface area contributed by atoms with Crippen LogP contribution >= 0.6 is 11.8 Å². The number of nitrogens with zero attached hydrogens (tertiary/aromatic N) is 2. The number of rotatable bonds is 10. The molecule has 2 aliphatic heterocycles. The fourth-order valence-corrected chi connectivity index (χ4v) is 4.43. The largest absolute Gasteiger partial charge is 0.493 e. The van der Waals surface area contributed by atoms with Gasteiger partial charge >= 0.3 is 0 Å². The topological polar surface area (TPSA) is 113 Å². The number of benzene rings is 2. The van der Waals surface area contributed by atoms with E-state index in [2.05, 4.69) is 16.9 Å². The first kappa shape index (κ1) is 25.8. The summed E-state index contributed by atoms with van der Waals surface area (Å²) in [6, 6.07) is 10.7. The van der Waals surface area contributed by atoms with Crippen LogP contribution in [0.4, 0.5) is 5.69 Å². The van der Waals surface area contributed by atoms with Gasteiger partial charge in [0.2, 0.25) is 5.91 Å². The van der Waals surface area contributed by atoms with Gasteiger partial charge in [0.1, 0.15) is 24.8 Å². The Morgan fingerprint density at radius 3 is 2.68 bits per heavy atom. The molecule has 10 heteroatoms. The van der Waals surface area contributed by atoms with Crippen molar-refractivity contribution >= 4 is 46.3 Å². The SMILES string of the molecule is C=CCc1cc(/C=C2/C(=N)N3C=CSC3=NC2=O)cc(OC)c1OCCOc1ccc(NC(C)=O)cc1. The van der Waals surface area contributed by atoms with Crippen LogP contribution in [-0.4, -0.2) is 48.0 Å². The maximum absolute atomic E-state index is 12.6. The smallest absolute Gasteiger partial charge is 0.283 e. The van der Waals surface area contributed by atoms with Gasteiger partial charge in [-0.3, -0.25) is 19.9 Å². The normalized spacial score (nSPS) is 15.4. The molecule has 0 unspecified atom stereocenters. The van der Waals surface area contributed by atoms with Gasteiger partial charge in [0.15, 0.2) is 16.7 Å². The van der Waals surface area contributed by atoms with Crippen molar-refractivity contribution in [1.29, 1.82) is 5.41 Å². The van der Waals surface area contributed by atoms with E-state index in [1.165, 1.54) is 18.7 Å². The van der Waals surface area contributed by atoms with Gasteiger partial charge in [-0.1, -0.05) is 17.8 Å². The zero-order valence-electron chi connectivity index (χ0n) is 20.4. The van der Waals surface area contributed by atoms with Crippen molar-refractivity contribution in [3.8, 4) is 17.2 Å². The number of amidine groups is 2. The van der Waals surface area contributed by atoms with E-state index >= 15 is 0 Å². The number of amides is 2.